The fourth-order valence-corrected chi connectivity index (χ4v) is 4.93. The van der Waals surface area contributed by atoms with Gasteiger partial charge in [-0.1, -0.05) is 80.1 Å². The fourth-order valence-electron chi connectivity index (χ4n) is 3.56. The Morgan fingerprint density at radius 2 is 1.64 bits per heavy atom. The van der Waals surface area contributed by atoms with Crippen LogP contribution in [0.4, 0.5) is 11.4 Å². The first-order valence-corrected chi connectivity index (χ1v) is 10.6. The molecule has 6 heteroatoms. The van der Waals surface area contributed by atoms with E-state index in [1.807, 2.05) is 54.6 Å². The molecule has 4 nitrogen and oxygen atoms in total. The number of fused-ring (bicyclic) bond motifs is 1. The normalized spacial score (nSPS) is 19.0. The molecule has 1 saturated heterocycles. The van der Waals surface area contributed by atoms with Gasteiger partial charge < -0.3 is 4.90 Å². The van der Waals surface area contributed by atoms with Crippen LogP contribution >= 0.6 is 24.0 Å². The molecule has 2 aromatic rings. The predicted octanol–water partition coefficient (Wildman–Crippen LogP) is 5.00. The van der Waals surface area contributed by atoms with Crippen molar-refractivity contribution in [1.82, 2.24) is 0 Å². The zero-order valence-corrected chi connectivity index (χ0v) is 17.2. The lowest BCUT2D eigenvalue weighted by molar-refractivity contribution is -0.115. The van der Waals surface area contributed by atoms with Crippen molar-refractivity contribution in [3.8, 4) is 0 Å². The summed E-state index contributed by atoms with van der Waals surface area (Å²) in [5.41, 5.74) is 2.89. The number of anilines is 2. The summed E-state index contributed by atoms with van der Waals surface area (Å²) < 4.78 is 0.452. The third-order valence-electron chi connectivity index (χ3n) is 4.92. The van der Waals surface area contributed by atoms with Crippen LogP contribution in [0, 0.1) is 0 Å². The molecule has 2 aliphatic rings. The van der Waals surface area contributed by atoms with Gasteiger partial charge in [-0.05, 0) is 24.6 Å². The number of rotatable bonds is 5. The number of nitrogens with zero attached hydrogens (tertiary/aromatic N) is 2. The minimum absolute atomic E-state index is 0.106. The van der Waals surface area contributed by atoms with Crippen LogP contribution < -0.4 is 9.80 Å². The number of thiocarbonyl (C=S) groups is 1. The van der Waals surface area contributed by atoms with Gasteiger partial charge >= 0.3 is 0 Å². The molecule has 2 amide bonds. The van der Waals surface area contributed by atoms with E-state index >= 15 is 0 Å². The van der Waals surface area contributed by atoms with Gasteiger partial charge in [-0.25, -0.2) is 0 Å². The Morgan fingerprint density at radius 3 is 2.39 bits per heavy atom. The minimum Gasteiger partial charge on any atom is -0.308 e. The van der Waals surface area contributed by atoms with Crippen LogP contribution in [-0.2, 0) is 9.59 Å². The summed E-state index contributed by atoms with van der Waals surface area (Å²) in [6, 6.07) is 17.0. The molecule has 2 aliphatic heterocycles. The van der Waals surface area contributed by atoms with Crippen LogP contribution in [0.2, 0.25) is 0 Å². The quantitative estimate of drug-likeness (QED) is 0.397. The van der Waals surface area contributed by atoms with Crippen molar-refractivity contribution in [3.63, 3.8) is 0 Å². The van der Waals surface area contributed by atoms with E-state index in [0.717, 1.165) is 36.2 Å². The topological polar surface area (TPSA) is 40.6 Å². The molecule has 0 spiro atoms. The van der Waals surface area contributed by atoms with Gasteiger partial charge in [0.25, 0.3) is 11.8 Å². The number of thioether (sulfide) groups is 1. The number of hydrogen-bond acceptors (Lipinski definition) is 4. The summed E-state index contributed by atoms with van der Waals surface area (Å²) in [6.45, 7) is 2.80. The summed E-state index contributed by atoms with van der Waals surface area (Å²) in [7, 11) is 0. The number of carbonyl (C=O) groups excluding carboxylic acids is 2. The maximum absolute atomic E-state index is 13.3. The van der Waals surface area contributed by atoms with Gasteiger partial charge in [-0.15, -0.1) is 0 Å². The molecule has 0 atom stereocenters. The maximum Gasteiger partial charge on any atom is 0.271 e. The molecule has 2 heterocycles. The van der Waals surface area contributed by atoms with Crippen LogP contribution in [0.3, 0.4) is 0 Å². The summed E-state index contributed by atoms with van der Waals surface area (Å²) in [5, 5.41) is 0. The third-order valence-corrected chi connectivity index (χ3v) is 6.29. The Balaban J connectivity index is 1.75. The van der Waals surface area contributed by atoms with Gasteiger partial charge in [0.05, 0.1) is 21.9 Å². The molecular weight excluding hydrogens is 388 g/mol. The van der Waals surface area contributed by atoms with Gasteiger partial charge in [-0.3, -0.25) is 14.5 Å². The summed E-state index contributed by atoms with van der Waals surface area (Å²) in [5.74, 6) is -0.333. The standard InChI is InChI=1S/C22H20N2O2S2/c1-2-3-9-14-23-17-13-8-7-12-16(17)18(20(23)25)19-21(26)24(22(27)28-19)15-10-5-4-6-11-15/h4-8,10-13H,2-3,9,14H2,1H3/b19-18-. The lowest BCUT2D eigenvalue weighted by Crippen LogP contribution is -2.29. The largest absolute Gasteiger partial charge is 0.308 e. The molecule has 0 aromatic heterocycles. The molecule has 4 rings (SSSR count). The SMILES string of the molecule is CCCCCN1C(=O)/C(=C2\SC(=S)N(c3ccccc3)C2=O)c2ccccc21. The van der Waals surface area contributed by atoms with Crippen LogP contribution in [0.5, 0.6) is 0 Å². The van der Waals surface area contributed by atoms with Crippen LogP contribution in [0.25, 0.3) is 5.57 Å². The molecule has 142 valence electrons. The van der Waals surface area contributed by atoms with E-state index in [4.69, 9.17) is 12.2 Å². The third kappa shape index (κ3) is 3.16. The van der Waals surface area contributed by atoms with Crippen LogP contribution in [0.15, 0.2) is 59.5 Å². The van der Waals surface area contributed by atoms with E-state index in [9.17, 15) is 9.59 Å². The molecule has 28 heavy (non-hydrogen) atoms. The Bertz CT molecular complexity index is 985. The lowest BCUT2D eigenvalue weighted by Gasteiger charge is -2.16. The first kappa shape index (κ1) is 18.9. The average Bonchev–Trinajstić information content (AvgIpc) is 3.15. The highest BCUT2D eigenvalue weighted by atomic mass is 32.2. The maximum atomic E-state index is 13.3. The zero-order valence-electron chi connectivity index (χ0n) is 15.6. The lowest BCUT2D eigenvalue weighted by atomic mass is 10.1. The van der Waals surface area contributed by atoms with Crippen molar-refractivity contribution in [1.29, 1.82) is 0 Å². The molecule has 1 fully saturated rings. The Labute approximate surface area is 174 Å². The highest BCUT2D eigenvalue weighted by molar-refractivity contribution is 8.27. The fraction of sp³-hybridized carbons (Fsp3) is 0.227. The molecule has 0 unspecified atom stereocenters. The summed E-state index contributed by atoms with van der Waals surface area (Å²) in [6.07, 6.45) is 3.10. The number of benzene rings is 2. The highest BCUT2D eigenvalue weighted by Gasteiger charge is 2.42. The van der Waals surface area contributed by atoms with Crippen molar-refractivity contribution in [2.24, 2.45) is 0 Å². The molecule has 0 radical (unpaired) electrons. The van der Waals surface area contributed by atoms with Crippen molar-refractivity contribution in [2.45, 2.75) is 26.2 Å². The number of carbonyl (C=O) groups is 2. The van der Waals surface area contributed by atoms with Gasteiger partial charge in [0.2, 0.25) is 0 Å². The number of hydrogen-bond donors (Lipinski definition) is 0. The molecule has 0 saturated carbocycles. The number of unbranched alkanes of at least 4 members (excludes halogenated alkanes) is 2. The molecule has 0 N–H and O–H groups in total. The molecule has 2 aromatic carbocycles. The van der Waals surface area contributed by atoms with E-state index in [0.29, 0.717) is 21.3 Å². The van der Waals surface area contributed by atoms with Gasteiger partial charge in [0.1, 0.15) is 0 Å². The second-order valence-corrected chi connectivity index (χ2v) is 8.37. The summed E-state index contributed by atoms with van der Waals surface area (Å²) in [4.78, 5) is 30.2. The minimum atomic E-state index is -0.227. The van der Waals surface area contributed by atoms with Crippen LogP contribution in [-0.4, -0.2) is 22.7 Å². The first-order valence-electron chi connectivity index (χ1n) is 9.40. The summed E-state index contributed by atoms with van der Waals surface area (Å²) >= 11 is 6.69. The van der Waals surface area contributed by atoms with E-state index in [1.165, 1.54) is 16.7 Å². The van der Waals surface area contributed by atoms with Crippen molar-refractivity contribution in [3.05, 3.63) is 65.1 Å². The first-order chi connectivity index (χ1) is 13.6. The number of para-hydroxylation sites is 2. The smallest absolute Gasteiger partial charge is 0.271 e. The Kier molecular flexibility index (Phi) is 5.33. The second-order valence-electron chi connectivity index (χ2n) is 6.73. The molecule has 0 bridgehead atoms. The van der Waals surface area contributed by atoms with Gasteiger partial charge in [0, 0.05) is 12.1 Å². The van der Waals surface area contributed by atoms with Crippen molar-refractivity contribution < 1.29 is 9.59 Å². The average molecular weight is 409 g/mol. The highest BCUT2D eigenvalue weighted by Crippen LogP contribution is 2.45. The molecular formula is C22H20N2O2S2. The van der Waals surface area contributed by atoms with Crippen molar-refractivity contribution >= 4 is 57.1 Å². The van der Waals surface area contributed by atoms with E-state index in [1.54, 1.807) is 4.90 Å². The van der Waals surface area contributed by atoms with Crippen LogP contribution in [0.1, 0.15) is 31.7 Å². The van der Waals surface area contributed by atoms with Crippen molar-refractivity contribution in [2.75, 3.05) is 16.3 Å². The second kappa shape index (κ2) is 7.89. The van der Waals surface area contributed by atoms with E-state index < -0.39 is 0 Å². The van der Waals surface area contributed by atoms with Gasteiger partial charge in [-0.2, -0.15) is 0 Å². The Hall–Kier alpha value is -2.44. The monoisotopic (exact) mass is 408 g/mol. The Morgan fingerprint density at radius 1 is 0.929 bits per heavy atom. The van der Waals surface area contributed by atoms with E-state index in [-0.39, 0.29) is 11.8 Å². The molecule has 0 aliphatic carbocycles. The predicted molar refractivity (Wildman–Crippen MR) is 119 cm³/mol. The van der Waals surface area contributed by atoms with Gasteiger partial charge in [0.15, 0.2) is 4.32 Å². The van der Waals surface area contributed by atoms with E-state index in [2.05, 4.69) is 6.92 Å². The zero-order chi connectivity index (χ0) is 19.7. The number of amides is 2.